The molecule has 0 amide bonds. The van der Waals surface area contributed by atoms with Gasteiger partial charge in [-0.2, -0.15) is 5.10 Å². The van der Waals surface area contributed by atoms with Crippen LogP contribution in [0.5, 0.6) is 5.75 Å². The average Bonchev–Trinajstić information content (AvgIpc) is 2.60. The maximum Gasteiger partial charge on any atom is 0.157 e. The second-order valence-electron chi connectivity index (χ2n) is 2.73. The Kier molecular flexibility index (Phi) is 4.32. The molecule has 13 heavy (non-hydrogen) atoms. The van der Waals surface area contributed by atoms with Crippen molar-refractivity contribution in [1.82, 2.24) is 15.1 Å². The van der Waals surface area contributed by atoms with Gasteiger partial charge in [-0.15, -0.1) is 0 Å². The van der Waals surface area contributed by atoms with Crippen molar-refractivity contribution < 1.29 is 4.74 Å². The molecule has 0 spiro atoms. The van der Waals surface area contributed by atoms with E-state index >= 15 is 0 Å². The van der Waals surface area contributed by atoms with Gasteiger partial charge in [-0.05, 0) is 13.5 Å². The SMILES string of the molecule is CCNCCOc1cnn(CC)c1. The zero-order chi connectivity index (χ0) is 9.52. The lowest BCUT2D eigenvalue weighted by Crippen LogP contribution is -2.20. The number of nitrogens with one attached hydrogen (secondary N) is 1. The third-order valence-electron chi connectivity index (χ3n) is 1.73. The first-order chi connectivity index (χ1) is 6.36. The number of likely N-dealkylation sites (N-methyl/N-ethyl adjacent to an activating group) is 1. The highest BCUT2D eigenvalue weighted by molar-refractivity contribution is 5.11. The summed E-state index contributed by atoms with van der Waals surface area (Å²) in [4.78, 5) is 0. The van der Waals surface area contributed by atoms with E-state index < -0.39 is 0 Å². The Morgan fingerprint density at radius 3 is 3.00 bits per heavy atom. The predicted octanol–water partition coefficient (Wildman–Crippen LogP) is 0.891. The number of hydrogen-bond acceptors (Lipinski definition) is 3. The molecule has 1 aromatic heterocycles. The van der Waals surface area contributed by atoms with Gasteiger partial charge in [0.2, 0.25) is 0 Å². The van der Waals surface area contributed by atoms with E-state index in [2.05, 4.69) is 24.3 Å². The summed E-state index contributed by atoms with van der Waals surface area (Å²) in [5, 5.41) is 7.29. The molecule has 1 heterocycles. The highest BCUT2D eigenvalue weighted by Crippen LogP contribution is 2.06. The van der Waals surface area contributed by atoms with Gasteiger partial charge in [-0.1, -0.05) is 6.92 Å². The average molecular weight is 183 g/mol. The molecule has 0 atom stereocenters. The normalized spacial score (nSPS) is 10.3. The van der Waals surface area contributed by atoms with Gasteiger partial charge < -0.3 is 10.1 Å². The number of aryl methyl sites for hydroxylation is 1. The van der Waals surface area contributed by atoms with Crippen LogP contribution in [-0.2, 0) is 6.54 Å². The van der Waals surface area contributed by atoms with E-state index in [0.29, 0.717) is 6.61 Å². The maximum atomic E-state index is 5.44. The fourth-order valence-corrected chi connectivity index (χ4v) is 1.01. The zero-order valence-electron chi connectivity index (χ0n) is 8.29. The standard InChI is InChI=1S/C9H17N3O/c1-3-10-5-6-13-9-7-11-12(4-2)8-9/h7-8,10H,3-6H2,1-2H3. The van der Waals surface area contributed by atoms with Crippen LogP contribution in [0.2, 0.25) is 0 Å². The number of hydrogen-bond donors (Lipinski definition) is 1. The monoisotopic (exact) mass is 183 g/mol. The van der Waals surface area contributed by atoms with Gasteiger partial charge in [0.25, 0.3) is 0 Å². The van der Waals surface area contributed by atoms with Crippen LogP contribution in [-0.4, -0.2) is 29.5 Å². The lowest BCUT2D eigenvalue weighted by atomic mass is 10.6. The first-order valence-corrected chi connectivity index (χ1v) is 4.72. The lowest BCUT2D eigenvalue weighted by Gasteiger charge is -2.02. The Morgan fingerprint density at radius 2 is 2.38 bits per heavy atom. The minimum Gasteiger partial charge on any atom is -0.489 e. The van der Waals surface area contributed by atoms with Crippen LogP contribution in [0.15, 0.2) is 12.4 Å². The summed E-state index contributed by atoms with van der Waals surface area (Å²) in [7, 11) is 0. The van der Waals surface area contributed by atoms with Gasteiger partial charge in [0.15, 0.2) is 5.75 Å². The molecule has 0 bridgehead atoms. The molecular weight excluding hydrogens is 166 g/mol. The van der Waals surface area contributed by atoms with Crippen molar-refractivity contribution in [1.29, 1.82) is 0 Å². The minimum absolute atomic E-state index is 0.698. The molecule has 1 aromatic rings. The van der Waals surface area contributed by atoms with Crippen molar-refractivity contribution >= 4 is 0 Å². The molecule has 1 rings (SSSR count). The van der Waals surface area contributed by atoms with Gasteiger partial charge >= 0.3 is 0 Å². The van der Waals surface area contributed by atoms with Crippen molar-refractivity contribution in [2.45, 2.75) is 20.4 Å². The van der Waals surface area contributed by atoms with Crippen molar-refractivity contribution in [3.8, 4) is 5.75 Å². The van der Waals surface area contributed by atoms with Crippen LogP contribution < -0.4 is 10.1 Å². The van der Waals surface area contributed by atoms with Crippen molar-refractivity contribution in [2.75, 3.05) is 19.7 Å². The van der Waals surface area contributed by atoms with E-state index in [-0.39, 0.29) is 0 Å². The summed E-state index contributed by atoms with van der Waals surface area (Å²) in [6.45, 7) is 7.58. The lowest BCUT2D eigenvalue weighted by molar-refractivity contribution is 0.315. The van der Waals surface area contributed by atoms with E-state index in [0.717, 1.165) is 25.4 Å². The quantitative estimate of drug-likeness (QED) is 0.666. The van der Waals surface area contributed by atoms with E-state index in [9.17, 15) is 0 Å². The second-order valence-corrected chi connectivity index (χ2v) is 2.73. The molecule has 74 valence electrons. The Bertz CT molecular complexity index is 235. The van der Waals surface area contributed by atoms with E-state index in [1.165, 1.54) is 0 Å². The molecular formula is C9H17N3O. The van der Waals surface area contributed by atoms with Crippen LogP contribution in [0.3, 0.4) is 0 Å². The Balaban J connectivity index is 2.20. The molecule has 0 saturated carbocycles. The summed E-state index contributed by atoms with van der Waals surface area (Å²) in [6.07, 6.45) is 3.65. The number of ether oxygens (including phenoxy) is 1. The van der Waals surface area contributed by atoms with Gasteiger partial charge in [0.1, 0.15) is 6.61 Å². The third-order valence-corrected chi connectivity index (χ3v) is 1.73. The van der Waals surface area contributed by atoms with E-state index in [1.54, 1.807) is 6.20 Å². The van der Waals surface area contributed by atoms with Crippen molar-refractivity contribution in [3.63, 3.8) is 0 Å². The first kappa shape index (κ1) is 10.1. The smallest absolute Gasteiger partial charge is 0.157 e. The van der Waals surface area contributed by atoms with Crippen LogP contribution >= 0.6 is 0 Å². The molecule has 0 saturated heterocycles. The van der Waals surface area contributed by atoms with Gasteiger partial charge in [-0.25, -0.2) is 0 Å². The minimum atomic E-state index is 0.698. The molecule has 0 aliphatic heterocycles. The van der Waals surface area contributed by atoms with E-state index in [1.807, 2.05) is 10.9 Å². The van der Waals surface area contributed by atoms with Crippen molar-refractivity contribution in [2.24, 2.45) is 0 Å². The van der Waals surface area contributed by atoms with Crippen LogP contribution in [0.4, 0.5) is 0 Å². The second kappa shape index (κ2) is 5.59. The summed E-state index contributed by atoms with van der Waals surface area (Å²) in [5.41, 5.74) is 0. The van der Waals surface area contributed by atoms with Crippen LogP contribution in [0.1, 0.15) is 13.8 Å². The largest absolute Gasteiger partial charge is 0.489 e. The van der Waals surface area contributed by atoms with Crippen LogP contribution in [0, 0.1) is 0 Å². The van der Waals surface area contributed by atoms with Crippen LogP contribution in [0.25, 0.3) is 0 Å². The zero-order valence-corrected chi connectivity index (χ0v) is 8.29. The Labute approximate surface area is 78.9 Å². The summed E-state index contributed by atoms with van der Waals surface area (Å²) < 4.78 is 7.29. The number of aromatic nitrogens is 2. The maximum absolute atomic E-state index is 5.44. The molecule has 0 aliphatic carbocycles. The molecule has 0 fully saturated rings. The molecule has 0 aliphatic rings. The molecule has 1 N–H and O–H groups in total. The van der Waals surface area contributed by atoms with E-state index in [4.69, 9.17) is 4.74 Å². The topological polar surface area (TPSA) is 39.1 Å². The highest BCUT2D eigenvalue weighted by Gasteiger charge is 1.96. The number of rotatable bonds is 6. The Hall–Kier alpha value is -1.03. The molecule has 4 nitrogen and oxygen atoms in total. The molecule has 4 heteroatoms. The Morgan fingerprint density at radius 1 is 1.54 bits per heavy atom. The highest BCUT2D eigenvalue weighted by atomic mass is 16.5. The third kappa shape index (κ3) is 3.46. The fraction of sp³-hybridized carbons (Fsp3) is 0.667. The van der Waals surface area contributed by atoms with Gasteiger partial charge in [0.05, 0.1) is 12.4 Å². The summed E-state index contributed by atoms with van der Waals surface area (Å²) in [6, 6.07) is 0. The summed E-state index contributed by atoms with van der Waals surface area (Å²) in [5.74, 6) is 0.847. The van der Waals surface area contributed by atoms with Gasteiger partial charge in [-0.3, -0.25) is 4.68 Å². The molecule has 0 aromatic carbocycles. The van der Waals surface area contributed by atoms with Gasteiger partial charge in [0, 0.05) is 13.1 Å². The predicted molar refractivity (Wildman–Crippen MR) is 51.9 cm³/mol. The van der Waals surface area contributed by atoms with Crippen molar-refractivity contribution in [3.05, 3.63) is 12.4 Å². The molecule has 0 unspecified atom stereocenters. The fourth-order valence-electron chi connectivity index (χ4n) is 1.01. The number of nitrogens with zero attached hydrogens (tertiary/aromatic N) is 2. The summed E-state index contributed by atoms with van der Waals surface area (Å²) >= 11 is 0. The first-order valence-electron chi connectivity index (χ1n) is 4.72. The molecule has 0 radical (unpaired) electrons.